The van der Waals surface area contributed by atoms with Crippen LogP contribution in [0.5, 0.6) is 0 Å². The Labute approximate surface area is 114 Å². The van der Waals surface area contributed by atoms with Gasteiger partial charge in [0.15, 0.2) is 0 Å². The maximum atomic E-state index is 12.7. The monoisotopic (exact) mass is 259 g/mol. The first kappa shape index (κ1) is 12.5. The van der Waals surface area contributed by atoms with E-state index in [2.05, 4.69) is 6.07 Å². The van der Waals surface area contributed by atoms with Gasteiger partial charge in [-0.1, -0.05) is 18.2 Å². The second-order valence-electron chi connectivity index (χ2n) is 5.53. The Bertz CT molecular complexity index is 468. The summed E-state index contributed by atoms with van der Waals surface area (Å²) in [4.78, 5) is 16.5. The number of benzene rings is 1. The molecule has 4 heteroatoms. The molecule has 0 saturated carbocycles. The number of hydrogen-bond acceptors (Lipinski definition) is 2. The minimum atomic E-state index is 0.0450. The molecule has 2 aliphatic heterocycles. The van der Waals surface area contributed by atoms with Crippen LogP contribution in [0.15, 0.2) is 24.3 Å². The van der Waals surface area contributed by atoms with Crippen molar-refractivity contribution in [3.63, 3.8) is 0 Å². The smallest absolute Gasteiger partial charge is 0.324 e. The third kappa shape index (κ3) is 2.45. The van der Waals surface area contributed by atoms with Gasteiger partial charge in [0.1, 0.15) is 0 Å². The highest BCUT2D eigenvalue weighted by Gasteiger charge is 2.29. The number of fused-ring (bicyclic) bond motifs is 1. The first-order chi connectivity index (χ1) is 9.25. The molecule has 3 rings (SSSR count). The predicted molar refractivity (Wildman–Crippen MR) is 76.3 cm³/mol. The van der Waals surface area contributed by atoms with E-state index in [9.17, 15) is 4.79 Å². The van der Waals surface area contributed by atoms with Crippen LogP contribution < -0.4 is 10.6 Å². The van der Waals surface area contributed by atoms with Gasteiger partial charge in [-0.25, -0.2) is 4.79 Å². The summed E-state index contributed by atoms with van der Waals surface area (Å²) < 4.78 is 0. The van der Waals surface area contributed by atoms with Crippen LogP contribution in [0.4, 0.5) is 10.5 Å². The van der Waals surface area contributed by atoms with Crippen LogP contribution in [-0.4, -0.2) is 36.6 Å². The van der Waals surface area contributed by atoms with Crippen molar-refractivity contribution in [3.8, 4) is 0 Å². The largest absolute Gasteiger partial charge is 0.326 e. The van der Waals surface area contributed by atoms with Crippen molar-refractivity contribution in [1.82, 2.24) is 4.90 Å². The van der Waals surface area contributed by atoms with Crippen LogP contribution in [0, 0.1) is 0 Å². The first-order valence-electron chi connectivity index (χ1n) is 7.15. The molecule has 0 radical (unpaired) electrons. The van der Waals surface area contributed by atoms with Gasteiger partial charge < -0.3 is 10.6 Å². The molecule has 2 heterocycles. The average molecular weight is 259 g/mol. The van der Waals surface area contributed by atoms with E-state index < -0.39 is 0 Å². The molecule has 0 aliphatic carbocycles. The molecule has 1 aromatic carbocycles. The summed E-state index contributed by atoms with van der Waals surface area (Å²) >= 11 is 0. The fourth-order valence-corrected chi connectivity index (χ4v) is 3.06. The minimum Gasteiger partial charge on any atom is -0.326 e. The van der Waals surface area contributed by atoms with Crippen molar-refractivity contribution in [3.05, 3.63) is 29.8 Å². The fourth-order valence-electron chi connectivity index (χ4n) is 3.06. The number of anilines is 1. The molecule has 2 aliphatic rings. The molecule has 1 fully saturated rings. The Kier molecular flexibility index (Phi) is 3.42. The van der Waals surface area contributed by atoms with E-state index in [0.717, 1.165) is 38.0 Å². The number of amides is 2. The third-order valence-corrected chi connectivity index (χ3v) is 4.04. The SMILES string of the molecule is NC1Cc2ccccc2N(C(=O)N2CCCCC2)C1. The van der Waals surface area contributed by atoms with Gasteiger partial charge in [0.25, 0.3) is 0 Å². The molecular formula is C15H21N3O. The molecule has 102 valence electrons. The molecule has 1 atom stereocenters. The standard InChI is InChI=1S/C15H21N3O/c16-13-10-12-6-2-3-7-14(12)18(11-13)15(19)17-8-4-1-5-9-17/h2-3,6-7,13H,1,4-5,8-11,16H2. The highest BCUT2D eigenvalue weighted by Crippen LogP contribution is 2.27. The topological polar surface area (TPSA) is 49.6 Å². The van der Waals surface area contributed by atoms with Gasteiger partial charge in [0, 0.05) is 31.4 Å². The zero-order valence-corrected chi connectivity index (χ0v) is 11.2. The van der Waals surface area contributed by atoms with Crippen molar-refractivity contribution in [2.24, 2.45) is 5.73 Å². The summed E-state index contributed by atoms with van der Waals surface area (Å²) in [5, 5.41) is 0. The van der Waals surface area contributed by atoms with Crippen LogP contribution in [0.2, 0.25) is 0 Å². The van der Waals surface area contributed by atoms with E-state index in [1.165, 1.54) is 12.0 Å². The summed E-state index contributed by atoms with van der Waals surface area (Å²) in [6.07, 6.45) is 4.33. The molecule has 1 unspecified atom stereocenters. The Balaban J connectivity index is 1.85. The second kappa shape index (κ2) is 5.21. The Morgan fingerprint density at radius 3 is 2.68 bits per heavy atom. The van der Waals surface area contributed by atoms with E-state index in [1.54, 1.807) is 0 Å². The lowest BCUT2D eigenvalue weighted by molar-refractivity contribution is 0.192. The van der Waals surface area contributed by atoms with Gasteiger partial charge >= 0.3 is 6.03 Å². The first-order valence-corrected chi connectivity index (χ1v) is 7.15. The Morgan fingerprint density at radius 1 is 1.16 bits per heavy atom. The zero-order valence-electron chi connectivity index (χ0n) is 11.2. The summed E-state index contributed by atoms with van der Waals surface area (Å²) in [6, 6.07) is 8.28. The van der Waals surface area contributed by atoms with E-state index in [0.29, 0.717) is 6.54 Å². The van der Waals surface area contributed by atoms with Crippen LogP contribution in [0.1, 0.15) is 24.8 Å². The number of piperidine rings is 1. The number of carbonyl (C=O) groups is 1. The number of urea groups is 1. The number of likely N-dealkylation sites (tertiary alicyclic amines) is 1. The van der Waals surface area contributed by atoms with E-state index in [4.69, 9.17) is 5.73 Å². The third-order valence-electron chi connectivity index (χ3n) is 4.04. The number of carbonyl (C=O) groups excluding carboxylic acids is 1. The molecule has 2 N–H and O–H groups in total. The van der Waals surface area contributed by atoms with Gasteiger partial charge in [0.05, 0.1) is 0 Å². The van der Waals surface area contributed by atoms with Crippen LogP contribution >= 0.6 is 0 Å². The number of rotatable bonds is 0. The molecule has 1 aromatic rings. The summed E-state index contributed by atoms with van der Waals surface area (Å²) in [5.74, 6) is 0. The maximum absolute atomic E-state index is 12.7. The Morgan fingerprint density at radius 2 is 1.89 bits per heavy atom. The van der Waals surface area contributed by atoms with Gasteiger partial charge in [-0.05, 0) is 37.3 Å². The lowest BCUT2D eigenvalue weighted by Crippen LogP contribution is -2.52. The minimum absolute atomic E-state index is 0.0450. The van der Waals surface area contributed by atoms with Crippen LogP contribution in [0.3, 0.4) is 0 Å². The van der Waals surface area contributed by atoms with Crippen LogP contribution in [0.25, 0.3) is 0 Å². The van der Waals surface area contributed by atoms with Gasteiger partial charge in [-0.15, -0.1) is 0 Å². The molecule has 1 saturated heterocycles. The number of nitrogens with zero attached hydrogens (tertiary/aromatic N) is 2. The van der Waals surface area contributed by atoms with Crippen LogP contribution in [-0.2, 0) is 6.42 Å². The number of para-hydroxylation sites is 1. The summed E-state index contributed by atoms with van der Waals surface area (Å²) in [7, 11) is 0. The summed E-state index contributed by atoms with van der Waals surface area (Å²) in [5.41, 5.74) is 8.32. The Hall–Kier alpha value is -1.55. The van der Waals surface area contributed by atoms with Crippen molar-refractivity contribution in [2.45, 2.75) is 31.7 Å². The van der Waals surface area contributed by atoms with Crippen molar-refractivity contribution in [1.29, 1.82) is 0 Å². The van der Waals surface area contributed by atoms with Gasteiger partial charge in [0.2, 0.25) is 0 Å². The molecule has 2 amide bonds. The number of hydrogen-bond donors (Lipinski definition) is 1. The van der Waals surface area contributed by atoms with Gasteiger partial charge in [-0.3, -0.25) is 4.90 Å². The molecule has 0 bridgehead atoms. The molecule has 0 spiro atoms. The number of nitrogens with two attached hydrogens (primary N) is 1. The van der Waals surface area contributed by atoms with Crippen molar-refractivity contribution in [2.75, 3.05) is 24.5 Å². The molecule has 19 heavy (non-hydrogen) atoms. The van der Waals surface area contributed by atoms with Crippen molar-refractivity contribution >= 4 is 11.7 Å². The lowest BCUT2D eigenvalue weighted by Gasteiger charge is -2.37. The highest BCUT2D eigenvalue weighted by atomic mass is 16.2. The maximum Gasteiger partial charge on any atom is 0.324 e. The zero-order chi connectivity index (χ0) is 13.2. The van der Waals surface area contributed by atoms with E-state index in [1.807, 2.05) is 28.0 Å². The van der Waals surface area contributed by atoms with E-state index in [-0.39, 0.29) is 12.1 Å². The molecule has 4 nitrogen and oxygen atoms in total. The predicted octanol–water partition coefficient (Wildman–Crippen LogP) is 1.98. The van der Waals surface area contributed by atoms with Gasteiger partial charge in [-0.2, -0.15) is 0 Å². The van der Waals surface area contributed by atoms with Crippen molar-refractivity contribution < 1.29 is 4.79 Å². The van der Waals surface area contributed by atoms with E-state index >= 15 is 0 Å². The fraction of sp³-hybridized carbons (Fsp3) is 0.533. The normalized spacial score (nSPS) is 23.1. The highest BCUT2D eigenvalue weighted by molar-refractivity contribution is 5.93. The molecule has 0 aromatic heterocycles. The second-order valence-corrected chi connectivity index (χ2v) is 5.53. The average Bonchev–Trinajstić information content (AvgIpc) is 2.46. The summed E-state index contributed by atoms with van der Waals surface area (Å²) in [6.45, 7) is 2.39. The quantitative estimate of drug-likeness (QED) is 0.774. The molecular weight excluding hydrogens is 238 g/mol. The lowest BCUT2D eigenvalue weighted by atomic mass is 9.98.